The quantitative estimate of drug-likeness (QED) is 0.756. The molecule has 0 saturated carbocycles. The van der Waals surface area contributed by atoms with Crippen molar-refractivity contribution >= 4 is 28.3 Å². The lowest BCUT2D eigenvalue weighted by atomic mass is 10.2. The van der Waals surface area contributed by atoms with Crippen LogP contribution < -0.4 is 5.32 Å². The van der Waals surface area contributed by atoms with E-state index in [0.717, 1.165) is 11.8 Å². The van der Waals surface area contributed by atoms with Gasteiger partial charge in [-0.25, -0.2) is 4.79 Å². The zero-order chi connectivity index (χ0) is 16.4. The van der Waals surface area contributed by atoms with Gasteiger partial charge >= 0.3 is 5.97 Å². The minimum absolute atomic E-state index is 0.0473. The molecule has 0 aliphatic heterocycles. The highest BCUT2D eigenvalue weighted by molar-refractivity contribution is 7.18. The van der Waals surface area contributed by atoms with E-state index in [1.165, 1.54) is 23.1 Å². The number of hydrogen-bond donors (Lipinski definition) is 2. The van der Waals surface area contributed by atoms with E-state index in [-0.39, 0.29) is 16.4 Å². The van der Waals surface area contributed by atoms with Gasteiger partial charge in [0.2, 0.25) is 5.13 Å². The van der Waals surface area contributed by atoms with Crippen LogP contribution in [-0.2, 0) is 7.05 Å². The number of anilines is 1. The fourth-order valence-electron chi connectivity index (χ4n) is 1.99. The molecule has 0 atom stereocenters. The summed E-state index contributed by atoms with van der Waals surface area (Å²) in [5.74, 6) is -1.82. The summed E-state index contributed by atoms with van der Waals surface area (Å²) in [7, 11) is 1.50. The van der Waals surface area contributed by atoms with Gasteiger partial charge < -0.3 is 5.11 Å². The first kappa shape index (κ1) is 14.9. The summed E-state index contributed by atoms with van der Waals surface area (Å²) in [6.45, 7) is 0. The topological polar surface area (TPSA) is 110 Å². The molecule has 9 heteroatoms. The van der Waals surface area contributed by atoms with Crippen molar-refractivity contribution in [2.24, 2.45) is 7.05 Å². The number of carboxylic acid groups (broad SMARTS) is 1. The van der Waals surface area contributed by atoms with Gasteiger partial charge in [-0.3, -0.25) is 14.8 Å². The number of nitrogens with one attached hydrogen (secondary N) is 1. The molecule has 0 radical (unpaired) electrons. The summed E-state index contributed by atoms with van der Waals surface area (Å²) in [5, 5.41) is 24.3. The van der Waals surface area contributed by atoms with E-state index in [1.54, 1.807) is 0 Å². The third-order valence-electron chi connectivity index (χ3n) is 3.05. The number of carbonyl (C=O) groups is 2. The molecule has 1 aromatic carbocycles. The molecule has 1 amide bonds. The van der Waals surface area contributed by atoms with Crippen molar-refractivity contribution in [2.45, 2.75) is 0 Å². The van der Waals surface area contributed by atoms with Gasteiger partial charge in [0.1, 0.15) is 16.3 Å². The lowest BCUT2D eigenvalue weighted by Crippen LogP contribution is -2.19. The zero-order valence-electron chi connectivity index (χ0n) is 11.9. The Bertz CT molecular complexity index is 872. The van der Waals surface area contributed by atoms with Gasteiger partial charge in [-0.1, -0.05) is 41.7 Å². The average molecular weight is 329 g/mol. The summed E-state index contributed by atoms with van der Waals surface area (Å²) in [6, 6.07) is 9.42. The molecule has 23 heavy (non-hydrogen) atoms. The Morgan fingerprint density at radius 2 is 1.96 bits per heavy atom. The van der Waals surface area contributed by atoms with Crippen LogP contribution in [0.15, 0.2) is 36.5 Å². The number of carbonyl (C=O) groups excluding carboxylic acids is 1. The van der Waals surface area contributed by atoms with Crippen LogP contribution in [0.2, 0.25) is 0 Å². The molecule has 2 aromatic heterocycles. The van der Waals surface area contributed by atoms with E-state index in [1.807, 2.05) is 30.3 Å². The van der Waals surface area contributed by atoms with Gasteiger partial charge in [-0.2, -0.15) is 5.10 Å². The lowest BCUT2D eigenvalue weighted by Gasteiger charge is -2.02. The molecular formula is C14H11N5O3S. The molecule has 3 aromatic rings. The second kappa shape index (κ2) is 5.97. The molecular weight excluding hydrogens is 318 g/mol. The molecule has 0 aliphatic rings. The van der Waals surface area contributed by atoms with Crippen molar-refractivity contribution in [2.75, 3.05) is 5.32 Å². The molecule has 8 nitrogen and oxygen atoms in total. The number of aromatic carboxylic acids is 1. The summed E-state index contributed by atoms with van der Waals surface area (Å²) >= 11 is 1.20. The third kappa shape index (κ3) is 2.94. The fourth-order valence-corrected chi connectivity index (χ4v) is 2.73. The van der Waals surface area contributed by atoms with Crippen molar-refractivity contribution in [3.05, 3.63) is 47.8 Å². The normalized spacial score (nSPS) is 10.5. The summed E-state index contributed by atoms with van der Waals surface area (Å²) in [5.41, 5.74) is 0.670. The Hall–Kier alpha value is -3.07. The Kier molecular flexibility index (Phi) is 3.85. The molecule has 3 rings (SSSR count). The SMILES string of the molecule is Cn1ncc(C(=O)O)c1C(=O)Nc1nnc(-c2ccccc2)s1. The van der Waals surface area contributed by atoms with Crippen LogP contribution in [0.4, 0.5) is 5.13 Å². The molecule has 2 heterocycles. The predicted molar refractivity (Wildman–Crippen MR) is 83.5 cm³/mol. The fraction of sp³-hybridized carbons (Fsp3) is 0.0714. The minimum Gasteiger partial charge on any atom is -0.478 e. The van der Waals surface area contributed by atoms with E-state index in [0.29, 0.717) is 5.01 Å². The van der Waals surface area contributed by atoms with Gasteiger partial charge in [-0.15, -0.1) is 10.2 Å². The average Bonchev–Trinajstić information content (AvgIpc) is 3.15. The van der Waals surface area contributed by atoms with Gasteiger partial charge in [0.05, 0.1) is 6.20 Å². The number of nitrogens with zero attached hydrogens (tertiary/aromatic N) is 4. The number of aryl methyl sites for hydroxylation is 1. The molecule has 0 fully saturated rings. The Labute approximate surface area is 134 Å². The van der Waals surface area contributed by atoms with Crippen LogP contribution in [0.3, 0.4) is 0 Å². The maximum absolute atomic E-state index is 12.3. The number of amides is 1. The Morgan fingerprint density at radius 1 is 1.22 bits per heavy atom. The predicted octanol–water partition coefficient (Wildman–Crippen LogP) is 1.89. The van der Waals surface area contributed by atoms with Gasteiger partial charge in [0.15, 0.2) is 0 Å². The van der Waals surface area contributed by atoms with Crippen molar-refractivity contribution in [3.8, 4) is 10.6 Å². The van der Waals surface area contributed by atoms with Crippen LogP contribution in [0, 0.1) is 0 Å². The molecule has 116 valence electrons. The van der Waals surface area contributed by atoms with Crippen LogP contribution in [-0.4, -0.2) is 37.0 Å². The first-order chi connectivity index (χ1) is 11.1. The molecule has 0 bridgehead atoms. The van der Waals surface area contributed by atoms with Crippen LogP contribution >= 0.6 is 11.3 Å². The standard InChI is InChI=1S/C14H11N5O3S/c1-19-10(9(7-15-19)13(21)22)11(20)16-14-18-17-12(23-14)8-5-3-2-4-6-8/h2-7H,1H3,(H,21,22)(H,16,18,20). The first-order valence-electron chi connectivity index (χ1n) is 6.52. The summed E-state index contributed by atoms with van der Waals surface area (Å²) in [6.07, 6.45) is 1.13. The van der Waals surface area contributed by atoms with Gasteiger partial charge in [0.25, 0.3) is 5.91 Å². The van der Waals surface area contributed by atoms with Crippen molar-refractivity contribution in [1.29, 1.82) is 0 Å². The van der Waals surface area contributed by atoms with E-state index in [2.05, 4.69) is 20.6 Å². The van der Waals surface area contributed by atoms with E-state index in [9.17, 15) is 9.59 Å². The highest BCUT2D eigenvalue weighted by atomic mass is 32.1. The van der Waals surface area contributed by atoms with Crippen LogP contribution in [0.25, 0.3) is 10.6 Å². The highest BCUT2D eigenvalue weighted by Gasteiger charge is 2.22. The smallest absolute Gasteiger partial charge is 0.339 e. The number of rotatable bonds is 4. The van der Waals surface area contributed by atoms with Crippen molar-refractivity contribution in [3.63, 3.8) is 0 Å². The van der Waals surface area contributed by atoms with Crippen LogP contribution in [0.5, 0.6) is 0 Å². The maximum Gasteiger partial charge on any atom is 0.339 e. The second-order valence-corrected chi connectivity index (χ2v) is 5.55. The largest absolute Gasteiger partial charge is 0.478 e. The number of hydrogen-bond acceptors (Lipinski definition) is 6. The lowest BCUT2D eigenvalue weighted by molar-refractivity contribution is 0.0692. The van der Waals surface area contributed by atoms with E-state index >= 15 is 0 Å². The van der Waals surface area contributed by atoms with Crippen molar-refractivity contribution in [1.82, 2.24) is 20.0 Å². The molecule has 0 aliphatic carbocycles. The van der Waals surface area contributed by atoms with Gasteiger partial charge in [0, 0.05) is 12.6 Å². The van der Waals surface area contributed by atoms with E-state index < -0.39 is 11.9 Å². The minimum atomic E-state index is -1.22. The number of aromatic nitrogens is 4. The third-order valence-corrected chi connectivity index (χ3v) is 3.94. The molecule has 0 saturated heterocycles. The monoisotopic (exact) mass is 329 g/mol. The van der Waals surface area contributed by atoms with Crippen LogP contribution in [0.1, 0.15) is 20.8 Å². The molecule has 0 spiro atoms. The zero-order valence-corrected chi connectivity index (χ0v) is 12.7. The number of benzene rings is 1. The summed E-state index contributed by atoms with van der Waals surface area (Å²) in [4.78, 5) is 23.4. The van der Waals surface area contributed by atoms with Gasteiger partial charge in [-0.05, 0) is 0 Å². The Morgan fingerprint density at radius 3 is 2.65 bits per heavy atom. The highest BCUT2D eigenvalue weighted by Crippen LogP contribution is 2.26. The first-order valence-corrected chi connectivity index (χ1v) is 7.33. The number of carboxylic acids is 1. The maximum atomic E-state index is 12.3. The molecule has 2 N–H and O–H groups in total. The Balaban J connectivity index is 1.83. The molecule has 0 unspecified atom stereocenters. The summed E-state index contributed by atoms with van der Waals surface area (Å²) < 4.78 is 1.21. The second-order valence-electron chi connectivity index (χ2n) is 4.57. The van der Waals surface area contributed by atoms with Crippen molar-refractivity contribution < 1.29 is 14.7 Å². The van der Waals surface area contributed by atoms with E-state index in [4.69, 9.17) is 5.11 Å².